The molecule has 0 saturated heterocycles. The second kappa shape index (κ2) is 7.88. The molecule has 2 aromatic carbocycles. The van der Waals surface area contributed by atoms with E-state index in [1.54, 1.807) is 0 Å². The molecule has 4 nitrogen and oxygen atoms in total. The van der Waals surface area contributed by atoms with Gasteiger partial charge >= 0.3 is 0 Å². The van der Waals surface area contributed by atoms with E-state index in [1.165, 1.54) is 0 Å². The van der Waals surface area contributed by atoms with Crippen LogP contribution < -0.4 is 4.74 Å². The molecule has 0 fully saturated rings. The van der Waals surface area contributed by atoms with Crippen molar-refractivity contribution in [3.8, 4) is 23.6 Å². The van der Waals surface area contributed by atoms with Crippen LogP contribution in [0.1, 0.15) is 18.5 Å². The summed E-state index contributed by atoms with van der Waals surface area (Å²) in [5, 5.41) is 18.7. The number of hydrogen-bond donors (Lipinski definition) is 0. The fourth-order valence-corrected chi connectivity index (χ4v) is 3.34. The van der Waals surface area contributed by atoms with Crippen molar-refractivity contribution in [2.45, 2.75) is 19.3 Å². The molecule has 5 heteroatoms. The first-order valence-corrected chi connectivity index (χ1v) is 8.80. The molecule has 0 saturated carbocycles. The molecule has 124 valence electrons. The zero-order valence-electron chi connectivity index (χ0n) is 13.6. The van der Waals surface area contributed by atoms with Crippen molar-refractivity contribution in [2.75, 3.05) is 6.61 Å². The molecule has 0 radical (unpaired) electrons. The predicted octanol–water partition coefficient (Wildman–Crippen LogP) is 5.14. The largest absolute Gasteiger partial charge is 0.477 e. The van der Waals surface area contributed by atoms with Gasteiger partial charge in [0.1, 0.15) is 11.8 Å². The van der Waals surface area contributed by atoms with Crippen LogP contribution in [-0.4, -0.2) is 11.2 Å². The van der Waals surface area contributed by atoms with Crippen molar-refractivity contribution >= 4 is 26.8 Å². The number of aryl methyl sites for hydroxylation is 1. The van der Waals surface area contributed by atoms with Gasteiger partial charge in [-0.1, -0.05) is 34.1 Å². The number of para-hydroxylation sites is 1. The summed E-state index contributed by atoms with van der Waals surface area (Å²) in [4.78, 5) is 0. The van der Waals surface area contributed by atoms with E-state index < -0.39 is 0 Å². The third-order valence-electron chi connectivity index (χ3n) is 3.94. The van der Waals surface area contributed by atoms with Crippen LogP contribution in [0.2, 0.25) is 0 Å². The molecule has 25 heavy (non-hydrogen) atoms. The smallest absolute Gasteiger partial charge is 0.174 e. The number of halogens is 1. The zero-order chi connectivity index (χ0) is 17.6. The summed E-state index contributed by atoms with van der Waals surface area (Å²) in [6.45, 7) is 0.00649. The first-order chi connectivity index (χ1) is 12.2. The van der Waals surface area contributed by atoms with Crippen LogP contribution in [0.25, 0.3) is 16.6 Å². The Balaban J connectivity index is 2.19. The third kappa shape index (κ3) is 3.68. The zero-order valence-corrected chi connectivity index (χ0v) is 15.2. The first kappa shape index (κ1) is 17.1. The van der Waals surface area contributed by atoms with Gasteiger partial charge in [0.2, 0.25) is 0 Å². The Labute approximate surface area is 155 Å². The standard InChI is InChI=1S/C20H16BrN3O/c21-16-6-4-8-18(14-16)24-17(7-1-2-10-22)13-15-5-3-9-19(20(15)24)25-12-11-23/h3-6,8-9,13-14H,1-2,7,12H2. The molecule has 0 amide bonds. The molecule has 3 rings (SSSR count). The molecule has 3 aromatic rings. The van der Waals surface area contributed by atoms with Crippen molar-refractivity contribution < 1.29 is 4.74 Å². The van der Waals surface area contributed by atoms with Gasteiger partial charge in [0.25, 0.3) is 0 Å². The molecule has 0 N–H and O–H groups in total. The lowest BCUT2D eigenvalue weighted by molar-refractivity contribution is 0.371. The molecule has 0 aliphatic heterocycles. The average Bonchev–Trinajstić information content (AvgIpc) is 2.99. The molecule has 0 unspecified atom stereocenters. The fourth-order valence-electron chi connectivity index (χ4n) is 2.95. The summed E-state index contributed by atoms with van der Waals surface area (Å²) in [7, 11) is 0. The highest BCUT2D eigenvalue weighted by Crippen LogP contribution is 2.33. The van der Waals surface area contributed by atoms with Gasteiger partial charge in [-0.3, -0.25) is 0 Å². The highest BCUT2D eigenvalue weighted by atomic mass is 79.9. The number of hydrogen-bond acceptors (Lipinski definition) is 3. The summed E-state index contributed by atoms with van der Waals surface area (Å²) in [5.41, 5.74) is 3.09. The van der Waals surface area contributed by atoms with E-state index in [1.807, 2.05) is 48.5 Å². The summed E-state index contributed by atoms with van der Waals surface area (Å²) in [6.07, 6.45) is 2.12. The highest BCUT2D eigenvalue weighted by Gasteiger charge is 2.15. The van der Waals surface area contributed by atoms with E-state index >= 15 is 0 Å². The van der Waals surface area contributed by atoms with Gasteiger partial charge in [-0.15, -0.1) is 0 Å². The van der Waals surface area contributed by atoms with Gasteiger partial charge < -0.3 is 9.30 Å². The van der Waals surface area contributed by atoms with Crippen molar-refractivity contribution in [1.82, 2.24) is 4.57 Å². The van der Waals surface area contributed by atoms with Gasteiger partial charge in [0, 0.05) is 27.7 Å². The predicted molar refractivity (Wildman–Crippen MR) is 101 cm³/mol. The molecule has 0 aliphatic rings. The normalized spacial score (nSPS) is 10.4. The monoisotopic (exact) mass is 393 g/mol. The lowest BCUT2D eigenvalue weighted by atomic mass is 10.2. The molecule has 0 bridgehead atoms. The van der Waals surface area contributed by atoms with Crippen LogP contribution in [0, 0.1) is 22.7 Å². The topological polar surface area (TPSA) is 61.7 Å². The molecular weight excluding hydrogens is 378 g/mol. The Kier molecular flexibility index (Phi) is 5.38. The number of rotatable bonds is 6. The quantitative estimate of drug-likeness (QED) is 0.544. The number of nitriles is 2. The molecule has 1 heterocycles. The Bertz CT molecular complexity index is 979. The third-order valence-corrected chi connectivity index (χ3v) is 4.44. The van der Waals surface area contributed by atoms with Crippen LogP contribution in [0.4, 0.5) is 0 Å². The maximum atomic E-state index is 8.85. The fraction of sp³-hybridized carbons (Fsp3) is 0.200. The van der Waals surface area contributed by atoms with E-state index in [4.69, 9.17) is 15.3 Å². The maximum absolute atomic E-state index is 8.85. The van der Waals surface area contributed by atoms with E-state index in [2.05, 4.69) is 32.6 Å². The van der Waals surface area contributed by atoms with Gasteiger partial charge in [-0.25, -0.2) is 0 Å². The molecule has 0 aliphatic carbocycles. The molecule has 0 atom stereocenters. The van der Waals surface area contributed by atoms with Crippen molar-refractivity contribution in [1.29, 1.82) is 10.5 Å². The van der Waals surface area contributed by atoms with E-state index in [9.17, 15) is 0 Å². The minimum atomic E-state index is 0.00649. The first-order valence-electron chi connectivity index (χ1n) is 8.00. The molecule has 0 spiro atoms. The number of nitrogens with zero attached hydrogens (tertiary/aromatic N) is 3. The Morgan fingerprint density at radius 3 is 2.64 bits per heavy atom. The Morgan fingerprint density at radius 2 is 1.88 bits per heavy atom. The maximum Gasteiger partial charge on any atom is 0.174 e. The van der Waals surface area contributed by atoms with Crippen molar-refractivity contribution in [2.24, 2.45) is 0 Å². The minimum absolute atomic E-state index is 0.00649. The summed E-state index contributed by atoms with van der Waals surface area (Å²) in [5.74, 6) is 0.686. The average molecular weight is 394 g/mol. The summed E-state index contributed by atoms with van der Waals surface area (Å²) >= 11 is 3.53. The molecular formula is C20H16BrN3O. The lowest BCUT2D eigenvalue weighted by Gasteiger charge is -2.13. The van der Waals surface area contributed by atoms with E-state index in [0.717, 1.165) is 39.6 Å². The number of ether oxygens (including phenoxy) is 1. The minimum Gasteiger partial charge on any atom is -0.477 e. The van der Waals surface area contributed by atoms with Gasteiger partial charge in [0.05, 0.1) is 11.6 Å². The summed E-state index contributed by atoms with van der Waals surface area (Å²) < 4.78 is 8.80. The Hall–Kier alpha value is -2.76. The number of unbranched alkanes of at least 4 members (excludes halogenated alkanes) is 1. The number of fused-ring (bicyclic) bond motifs is 1. The van der Waals surface area contributed by atoms with Crippen molar-refractivity contribution in [3.05, 3.63) is 58.7 Å². The lowest BCUT2D eigenvalue weighted by Crippen LogP contribution is -2.02. The van der Waals surface area contributed by atoms with Crippen LogP contribution in [0.15, 0.2) is 53.0 Å². The van der Waals surface area contributed by atoms with E-state index in [-0.39, 0.29) is 6.61 Å². The van der Waals surface area contributed by atoms with Gasteiger partial charge in [-0.2, -0.15) is 10.5 Å². The van der Waals surface area contributed by atoms with Crippen LogP contribution in [-0.2, 0) is 6.42 Å². The van der Waals surface area contributed by atoms with Gasteiger partial charge in [-0.05, 0) is 43.2 Å². The number of aromatic nitrogens is 1. The highest BCUT2D eigenvalue weighted by molar-refractivity contribution is 9.10. The second-order valence-electron chi connectivity index (χ2n) is 5.60. The van der Waals surface area contributed by atoms with Crippen LogP contribution in [0.5, 0.6) is 5.75 Å². The summed E-state index contributed by atoms with van der Waals surface area (Å²) in [6, 6.07) is 20.3. The van der Waals surface area contributed by atoms with Gasteiger partial charge in [0.15, 0.2) is 6.61 Å². The van der Waals surface area contributed by atoms with Crippen molar-refractivity contribution in [3.63, 3.8) is 0 Å². The SMILES string of the molecule is N#CCCCc1cc2cccc(OCC#N)c2n1-c1cccc(Br)c1. The van der Waals surface area contributed by atoms with Crippen LogP contribution in [0.3, 0.4) is 0 Å². The second-order valence-corrected chi connectivity index (χ2v) is 6.52. The molecule has 1 aromatic heterocycles. The van der Waals surface area contributed by atoms with E-state index in [0.29, 0.717) is 12.2 Å². The Morgan fingerprint density at radius 1 is 1.04 bits per heavy atom. The van der Waals surface area contributed by atoms with Crippen LogP contribution >= 0.6 is 15.9 Å². The number of benzene rings is 2.